The average molecular weight is 214 g/mol. The molecule has 0 saturated heterocycles. The fourth-order valence-electron chi connectivity index (χ4n) is 1.30. The highest BCUT2D eigenvalue weighted by Gasteiger charge is 2.40. The van der Waals surface area contributed by atoms with Crippen LogP contribution in [0.1, 0.15) is 20.3 Å². The van der Waals surface area contributed by atoms with Crippen molar-refractivity contribution >= 4 is 12.0 Å². The van der Waals surface area contributed by atoms with Gasteiger partial charge in [-0.2, -0.15) is 0 Å². The Morgan fingerprint density at radius 2 is 2.07 bits per heavy atom. The second-order valence-corrected chi connectivity index (χ2v) is 3.77. The topological polar surface area (TPSA) is 67.4 Å². The number of hydrogen-bond acceptors (Lipinski definition) is 3. The van der Waals surface area contributed by atoms with Crippen molar-refractivity contribution in [1.29, 1.82) is 0 Å². The Bertz CT molecular complexity index is 243. The summed E-state index contributed by atoms with van der Waals surface area (Å²) in [6.45, 7) is 5.07. The van der Waals surface area contributed by atoms with E-state index >= 15 is 0 Å². The highest BCUT2D eigenvalue weighted by Crippen LogP contribution is 2.38. The zero-order valence-electron chi connectivity index (χ0n) is 9.21. The van der Waals surface area contributed by atoms with Gasteiger partial charge in [0.1, 0.15) is 6.61 Å². The first-order chi connectivity index (χ1) is 7.15. The van der Waals surface area contributed by atoms with Crippen LogP contribution >= 0.6 is 0 Å². The van der Waals surface area contributed by atoms with Crippen LogP contribution in [-0.4, -0.2) is 31.7 Å². The van der Waals surface area contributed by atoms with E-state index < -0.39 is 0 Å². The van der Waals surface area contributed by atoms with Crippen molar-refractivity contribution in [3.05, 3.63) is 0 Å². The first-order valence-electron chi connectivity index (χ1n) is 5.33. The zero-order valence-corrected chi connectivity index (χ0v) is 9.21. The van der Waals surface area contributed by atoms with Gasteiger partial charge in [0.15, 0.2) is 0 Å². The lowest BCUT2D eigenvalue weighted by molar-refractivity contribution is -0.145. The third kappa shape index (κ3) is 4.18. The largest absolute Gasteiger partial charge is 0.464 e. The van der Waals surface area contributed by atoms with Crippen LogP contribution < -0.4 is 10.6 Å². The minimum atomic E-state index is -0.228. The summed E-state index contributed by atoms with van der Waals surface area (Å²) < 4.78 is 4.98. The van der Waals surface area contributed by atoms with E-state index in [9.17, 15) is 9.59 Å². The molecule has 0 aromatic carbocycles. The minimum Gasteiger partial charge on any atom is -0.464 e. The molecule has 1 saturated carbocycles. The maximum absolute atomic E-state index is 11.2. The maximum atomic E-state index is 11.2. The first-order valence-corrected chi connectivity index (χ1v) is 5.33. The van der Waals surface area contributed by atoms with E-state index in [-0.39, 0.29) is 24.5 Å². The number of rotatable bonds is 5. The standard InChI is InChI=1S/C10H18N2O3/c1-3-11-10(14)12-4-5-15-9(13)8-6-7(8)2/h7-8H,3-6H2,1-2H3,(H2,11,12,14)/t7-,8+/m0/s1. The van der Waals surface area contributed by atoms with Gasteiger partial charge in [0.2, 0.25) is 0 Å². The Balaban J connectivity index is 1.97. The summed E-state index contributed by atoms with van der Waals surface area (Å²) in [4.78, 5) is 22.2. The molecule has 1 aliphatic carbocycles. The maximum Gasteiger partial charge on any atom is 0.314 e. The number of carbonyl (C=O) groups is 2. The number of urea groups is 1. The number of ether oxygens (including phenoxy) is 1. The summed E-state index contributed by atoms with van der Waals surface area (Å²) in [5, 5.41) is 5.17. The summed E-state index contributed by atoms with van der Waals surface area (Å²) in [5.41, 5.74) is 0. The van der Waals surface area contributed by atoms with E-state index in [1.54, 1.807) is 0 Å². The van der Waals surface area contributed by atoms with Crippen LogP contribution in [0.15, 0.2) is 0 Å². The summed E-state index contributed by atoms with van der Waals surface area (Å²) in [6, 6.07) is -0.228. The van der Waals surface area contributed by atoms with Gasteiger partial charge in [-0.05, 0) is 19.3 Å². The zero-order chi connectivity index (χ0) is 11.3. The van der Waals surface area contributed by atoms with Crippen molar-refractivity contribution in [2.24, 2.45) is 11.8 Å². The Hall–Kier alpha value is -1.26. The third-order valence-corrected chi connectivity index (χ3v) is 2.38. The monoisotopic (exact) mass is 214 g/mol. The normalized spacial score (nSPS) is 23.1. The van der Waals surface area contributed by atoms with Crippen molar-refractivity contribution in [1.82, 2.24) is 10.6 Å². The number of esters is 1. The molecular formula is C10H18N2O3. The van der Waals surface area contributed by atoms with Crippen LogP contribution in [0.4, 0.5) is 4.79 Å². The molecule has 0 aromatic rings. The number of amides is 2. The van der Waals surface area contributed by atoms with E-state index in [0.717, 1.165) is 6.42 Å². The average Bonchev–Trinajstić information content (AvgIpc) is 2.90. The first kappa shape index (κ1) is 11.8. The highest BCUT2D eigenvalue weighted by molar-refractivity contribution is 5.76. The fraction of sp³-hybridized carbons (Fsp3) is 0.800. The molecular weight excluding hydrogens is 196 g/mol. The number of hydrogen-bond donors (Lipinski definition) is 2. The lowest BCUT2D eigenvalue weighted by Gasteiger charge is -2.06. The lowest BCUT2D eigenvalue weighted by atomic mass is 10.3. The Morgan fingerprint density at radius 3 is 2.60 bits per heavy atom. The molecule has 0 radical (unpaired) electrons. The van der Waals surface area contributed by atoms with Crippen LogP contribution in [-0.2, 0) is 9.53 Å². The van der Waals surface area contributed by atoms with Crippen LogP contribution in [0, 0.1) is 11.8 Å². The van der Waals surface area contributed by atoms with Crippen LogP contribution in [0.25, 0.3) is 0 Å². The van der Waals surface area contributed by atoms with Crippen LogP contribution in [0.5, 0.6) is 0 Å². The van der Waals surface area contributed by atoms with Gasteiger partial charge in [-0.25, -0.2) is 4.79 Å². The summed E-state index contributed by atoms with van der Waals surface area (Å²) in [7, 11) is 0. The summed E-state index contributed by atoms with van der Waals surface area (Å²) in [5.74, 6) is 0.420. The van der Waals surface area contributed by atoms with Gasteiger partial charge in [0.05, 0.1) is 12.5 Å². The van der Waals surface area contributed by atoms with Crippen molar-refractivity contribution in [2.45, 2.75) is 20.3 Å². The van der Waals surface area contributed by atoms with Gasteiger partial charge in [0, 0.05) is 6.54 Å². The molecule has 0 unspecified atom stereocenters. The van der Waals surface area contributed by atoms with E-state index in [1.165, 1.54) is 0 Å². The van der Waals surface area contributed by atoms with Crippen molar-refractivity contribution < 1.29 is 14.3 Å². The summed E-state index contributed by atoms with van der Waals surface area (Å²) >= 11 is 0. The number of nitrogens with one attached hydrogen (secondary N) is 2. The third-order valence-electron chi connectivity index (χ3n) is 2.38. The molecule has 2 atom stereocenters. The molecule has 86 valence electrons. The second-order valence-electron chi connectivity index (χ2n) is 3.77. The Labute approximate surface area is 89.6 Å². The highest BCUT2D eigenvalue weighted by atomic mass is 16.5. The molecule has 15 heavy (non-hydrogen) atoms. The van der Waals surface area contributed by atoms with Crippen LogP contribution in [0.3, 0.4) is 0 Å². The molecule has 1 rings (SSSR count). The van der Waals surface area contributed by atoms with Gasteiger partial charge >= 0.3 is 12.0 Å². The van der Waals surface area contributed by atoms with Crippen molar-refractivity contribution in [3.63, 3.8) is 0 Å². The van der Waals surface area contributed by atoms with E-state index in [1.807, 2.05) is 13.8 Å². The van der Waals surface area contributed by atoms with Crippen LogP contribution in [0.2, 0.25) is 0 Å². The van der Waals surface area contributed by atoms with Gasteiger partial charge in [-0.1, -0.05) is 6.92 Å². The van der Waals surface area contributed by atoms with Gasteiger partial charge < -0.3 is 15.4 Å². The Kier molecular flexibility index (Phi) is 4.39. The molecule has 0 bridgehead atoms. The molecule has 0 aromatic heterocycles. The van der Waals surface area contributed by atoms with E-state index in [2.05, 4.69) is 10.6 Å². The molecule has 2 N–H and O–H groups in total. The fourth-order valence-corrected chi connectivity index (χ4v) is 1.30. The smallest absolute Gasteiger partial charge is 0.314 e. The lowest BCUT2D eigenvalue weighted by Crippen LogP contribution is -2.37. The van der Waals surface area contributed by atoms with E-state index in [0.29, 0.717) is 19.0 Å². The van der Waals surface area contributed by atoms with Gasteiger partial charge in [-0.3, -0.25) is 4.79 Å². The quantitative estimate of drug-likeness (QED) is 0.517. The Morgan fingerprint density at radius 1 is 1.40 bits per heavy atom. The minimum absolute atomic E-state index is 0.0921. The molecule has 0 spiro atoms. The predicted octanol–water partition coefficient (Wildman–Crippen LogP) is 0.505. The molecule has 0 heterocycles. The SMILES string of the molecule is CCNC(=O)NCCOC(=O)[C@@H]1C[C@@H]1C. The molecule has 1 aliphatic rings. The van der Waals surface area contributed by atoms with Crippen molar-refractivity contribution in [2.75, 3.05) is 19.7 Å². The predicted molar refractivity (Wildman–Crippen MR) is 55.3 cm³/mol. The second kappa shape index (κ2) is 5.58. The molecule has 5 heteroatoms. The van der Waals surface area contributed by atoms with E-state index in [4.69, 9.17) is 4.74 Å². The van der Waals surface area contributed by atoms with Gasteiger partial charge in [-0.15, -0.1) is 0 Å². The molecule has 0 aliphatic heterocycles. The number of carbonyl (C=O) groups excluding carboxylic acids is 2. The van der Waals surface area contributed by atoms with Gasteiger partial charge in [0.25, 0.3) is 0 Å². The molecule has 2 amide bonds. The molecule has 5 nitrogen and oxygen atoms in total. The van der Waals surface area contributed by atoms with Crippen molar-refractivity contribution in [3.8, 4) is 0 Å². The summed E-state index contributed by atoms with van der Waals surface area (Å²) in [6.07, 6.45) is 0.933. The molecule has 1 fully saturated rings.